The fraction of sp³-hybridized carbons (Fsp3) is 0.556. The van der Waals surface area contributed by atoms with E-state index in [0.29, 0.717) is 18.1 Å². The van der Waals surface area contributed by atoms with Crippen molar-refractivity contribution in [2.24, 2.45) is 11.8 Å². The minimum absolute atomic E-state index is 0.0495. The van der Waals surface area contributed by atoms with E-state index >= 15 is 0 Å². The molecule has 1 N–H and O–H groups in total. The number of nitrogens with one attached hydrogen (secondary N) is 1. The molecular weight excluding hydrogens is 324 g/mol. The van der Waals surface area contributed by atoms with Crippen molar-refractivity contribution in [2.45, 2.75) is 52.2 Å². The molecule has 0 aliphatic heterocycles. The van der Waals surface area contributed by atoms with E-state index in [-0.39, 0.29) is 28.9 Å². The molecule has 1 amide bonds. The summed E-state index contributed by atoms with van der Waals surface area (Å²) >= 11 is 0. The van der Waals surface area contributed by atoms with Crippen LogP contribution in [0.1, 0.15) is 50.4 Å². The Morgan fingerprint density at radius 2 is 2.12 bits per heavy atom. The zero-order valence-corrected chi connectivity index (χ0v) is 14.7. The molecule has 1 fully saturated rings. The van der Waals surface area contributed by atoms with E-state index in [1.54, 1.807) is 6.92 Å². The fourth-order valence-corrected chi connectivity index (χ4v) is 3.18. The second-order valence-corrected chi connectivity index (χ2v) is 6.74. The van der Waals surface area contributed by atoms with Gasteiger partial charge in [0.1, 0.15) is 5.75 Å². The van der Waals surface area contributed by atoms with Crippen LogP contribution in [-0.4, -0.2) is 29.3 Å². The molecule has 2 rings (SSSR count). The van der Waals surface area contributed by atoms with Crippen LogP contribution >= 0.6 is 0 Å². The Morgan fingerprint density at radius 3 is 2.76 bits per heavy atom. The van der Waals surface area contributed by atoms with Gasteiger partial charge in [0.2, 0.25) is 0 Å². The number of nitro benzene ring substituents is 1. The van der Waals surface area contributed by atoms with Crippen LogP contribution in [0, 0.1) is 22.0 Å². The molecule has 1 aromatic rings. The van der Waals surface area contributed by atoms with Gasteiger partial charge in [-0.2, -0.15) is 0 Å². The molecule has 1 saturated carbocycles. The van der Waals surface area contributed by atoms with Crippen molar-refractivity contribution < 1.29 is 19.2 Å². The lowest BCUT2D eigenvalue weighted by molar-refractivity contribution is -0.384. The lowest BCUT2D eigenvalue weighted by atomic mass is 9.78. The Kier molecular flexibility index (Phi) is 6.12. The van der Waals surface area contributed by atoms with Gasteiger partial charge in [-0.25, -0.2) is 0 Å². The van der Waals surface area contributed by atoms with E-state index in [2.05, 4.69) is 19.2 Å². The van der Waals surface area contributed by atoms with Crippen LogP contribution in [-0.2, 0) is 4.79 Å². The SMILES string of the molecule is C[C@@H]1[C@@H](C)CCC[C@H]1NC(=O)[C@@H](C)Oc1ccc([N+](=O)[O-])cc1C=O. The molecule has 0 bridgehead atoms. The van der Waals surface area contributed by atoms with Crippen molar-refractivity contribution in [1.29, 1.82) is 0 Å². The number of carbonyl (C=O) groups excluding carboxylic acids is 2. The maximum absolute atomic E-state index is 12.4. The summed E-state index contributed by atoms with van der Waals surface area (Å²) in [5, 5.41) is 13.8. The van der Waals surface area contributed by atoms with E-state index in [1.807, 2.05) is 0 Å². The first-order chi connectivity index (χ1) is 11.8. The van der Waals surface area contributed by atoms with E-state index < -0.39 is 11.0 Å². The number of aldehydes is 1. The van der Waals surface area contributed by atoms with Gasteiger partial charge in [-0.3, -0.25) is 19.7 Å². The topological polar surface area (TPSA) is 98.5 Å². The summed E-state index contributed by atoms with van der Waals surface area (Å²) < 4.78 is 5.57. The maximum Gasteiger partial charge on any atom is 0.270 e. The molecule has 0 spiro atoms. The van der Waals surface area contributed by atoms with Crippen LogP contribution in [0.25, 0.3) is 0 Å². The number of nitro groups is 1. The average molecular weight is 348 g/mol. The van der Waals surface area contributed by atoms with Crippen LogP contribution < -0.4 is 10.1 Å². The molecule has 0 unspecified atom stereocenters. The minimum atomic E-state index is -0.801. The van der Waals surface area contributed by atoms with Gasteiger partial charge in [0.25, 0.3) is 11.6 Å². The predicted octanol–water partition coefficient (Wildman–Crippen LogP) is 3.12. The van der Waals surface area contributed by atoms with Gasteiger partial charge in [-0.05, 0) is 31.2 Å². The first kappa shape index (κ1) is 18.9. The van der Waals surface area contributed by atoms with Gasteiger partial charge >= 0.3 is 0 Å². The fourth-order valence-electron chi connectivity index (χ4n) is 3.18. The third kappa shape index (κ3) is 4.55. The zero-order chi connectivity index (χ0) is 18.6. The highest BCUT2D eigenvalue weighted by molar-refractivity contribution is 5.83. The monoisotopic (exact) mass is 348 g/mol. The molecule has 1 aliphatic rings. The molecular formula is C18H24N2O5. The number of nitrogens with zero attached hydrogens (tertiary/aromatic N) is 1. The summed E-state index contributed by atoms with van der Waals surface area (Å²) in [6.07, 6.45) is 2.89. The molecule has 0 radical (unpaired) electrons. The Bertz CT molecular complexity index is 661. The quantitative estimate of drug-likeness (QED) is 0.484. The molecule has 25 heavy (non-hydrogen) atoms. The number of carbonyl (C=O) groups is 2. The standard InChI is InChI=1S/C18H24N2O5/c1-11-5-4-6-16(12(11)2)19-18(22)13(3)25-17-8-7-15(20(23)24)9-14(17)10-21/h7-13,16H,4-6H2,1-3H3,(H,19,22)/t11-,12+,13+,16+/m0/s1. The summed E-state index contributed by atoms with van der Waals surface area (Å²) in [5.41, 5.74) is -0.148. The molecule has 1 aliphatic carbocycles. The lowest BCUT2D eigenvalue weighted by Gasteiger charge is -2.35. The predicted molar refractivity (Wildman–Crippen MR) is 92.7 cm³/mol. The highest BCUT2D eigenvalue weighted by atomic mass is 16.6. The molecule has 136 valence electrons. The van der Waals surface area contributed by atoms with Gasteiger partial charge in [0.05, 0.1) is 10.5 Å². The van der Waals surface area contributed by atoms with Gasteiger partial charge in [-0.1, -0.05) is 26.7 Å². The van der Waals surface area contributed by atoms with Crippen LogP contribution in [0.4, 0.5) is 5.69 Å². The van der Waals surface area contributed by atoms with Gasteiger partial charge in [0, 0.05) is 18.2 Å². The first-order valence-corrected chi connectivity index (χ1v) is 8.54. The van der Waals surface area contributed by atoms with Crippen molar-refractivity contribution >= 4 is 17.9 Å². The lowest BCUT2D eigenvalue weighted by Crippen LogP contribution is -2.48. The number of non-ortho nitro benzene ring substituents is 1. The average Bonchev–Trinajstić information content (AvgIpc) is 2.58. The highest BCUT2D eigenvalue weighted by Gasteiger charge is 2.29. The van der Waals surface area contributed by atoms with Crippen LogP contribution in [0.2, 0.25) is 0 Å². The maximum atomic E-state index is 12.4. The summed E-state index contributed by atoms with van der Waals surface area (Å²) in [6.45, 7) is 5.93. The van der Waals surface area contributed by atoms with Crippen LogP contribution in [0.15, 0.2) is 18.2 Å². The van der Waals surface area contributed by atoms with Crippen LogP contribution in [0.5, 0.6) is 5.75 Å². The van der Waals surface area contributed by atoms with Crippen molar-refractivity contribution in [1.82, 2.24) is 5.32 Å². The largest absolute Gasteiger partial charge is 0.480 e. The third-order valence-electron chi connectivity index (χ3n) is 5.04. The third-order valence-corrected chi connectivity index (χ3v) is 5.04. The normalized spacial score (nSPS) is 24.2. The Labute approximate surface area is 146 Å². The molecule has 7 nitrogen and oxygen atoms in total. The van der Waals surface area contributed by atoms with Crippen molar-refractivity contribution in [3.05, 3.63) is 33.9 Å². The van der Waals surface area contributed by atoms with Gasteiger partial charge in [-0.15, -0.1) is 0 Å². The summed E-state index contributed by atoms with van der Waals surface area (Å²) in [5.74, 6) is 0.871. The van der Waals surface area contributed by atoms with Gasteiger partial charge < -0.3 is 10.1 Å². The molecule has 0 aromatic heterocycles. The van der Waals surface area contributed by atoms with Gasteiger partial charge in [0.15, 0.2) is 12.4 Å². The molecule has 4 atom stereocenters. The summed E-state index contributed by atoms with van der Waals surface area (Å²) in [7, 11) is 0. The molecule has 1 aromatic carbocycles. The number of amides is 1. The van der Waals surface area contributed by atoms with E-state index in [4.69, 9.17) is 4.74 Å². The van der Waals surface area contributed by atoms with Crippen LogP contribution in [0.3, 0.4) is 0 Å². The Morgan fingerprint density at radius 1 is 1.40 bits per heavy atom. The van der Waals surface area contributed by atoms with E-state index in [1.165, 1.54) is 18.6 Å². The van der Waals surface area contributed by atoms with Crippen molar-refractivity contribution in [3.8, 4) is 5.75 Å². The smallest absolute Gasteiger partial charge is 0.270 e. The second-order valence-electron chi connectivity index (χ2n) is 6.74. The first-order valence-electron chi connectivity index (χ1n) is 8.54. The number of hydrogen-bond donors (Lipinski definition) is 1. The van der Waals surface area contributed by atoms with E-state index in [0.717, 1.165) is 18.9 Å². The van der Waals surface area contributed by atoms with Crippen molar-refractivity contribution in [3.63, 3.8) is 0 Å². The zero-order valence-electron chi connectivity index (χ0n) is 14.7. The second kappa shape index (κ2) is 8.09. The molecule has 0 saturated heterocycles. The molecule has 0 heterocycles. The Balaban J connectivity index is 2.03. The molecule has 7 heteroatoms. The Hall–Kier alpha value is -2.44. The summed E-state index contributed by atoms with van der Waals surface area (Å²) in [4.78, 5) is 33.7. The number of hydrogen-bond acceptors (Lipinski definition) is 5. The van der Waals surface area contributed by atoms with Crippen molar-refractivity contribution in [2.75, 3.05) is 0 Å². The minimum Gasteiger partial charge on any atom is -0.480 e. The number of ether oxygens (including phenoxy) is 1. The number of benzene rings is 1. The summed E-state index contributed by atoms with van der Waals surface area (Å²) in [6, 6.07) is 3.84. The van der Waals surface area contributed by atoms with E-state index in [9.17, 15) is 19.7 Å². The number of rotatable bonds is 6. The highest BCUT2D eigenvalue weighted by Crippen LogP contribution is 2.29.